The number of aromatic nitrogens is 1. The van der Waals surface area contributed by atoms with Gasteiger partial charge in [0.05, 0.1) is 16.3 Å². The minimum Gasteiger partial charge on any atom is -0.506 e. The summed E-state index contributed by atoms with van der Waals surface area (Å²) in [4.78, 5) is 4.16. The Kier molecular flexibility index (Phi) is 7.11. The second-order valence-corrected chi connectivity index (χ2v) is 8.96. The van der Waals surface area contributed by atoms with Crippen LogP contribution in [-0.4, -0.2) is 30.0 Å². The van der Waals surface area contributed by atoms with Crippen molar-refractivity contribution in [2.75, 3.05) is 17.2 Å². The average molecular weight is 438 g/mol. The summed E-state index contributed by atoms with van der Waals surface area (Å²) >= 11 is 7.19. The highest BCUT2D eigenvalue weighted by Crippen LogP contribution is 2.38. The lowest BCUT2D eigenvalue weighted by Gasteiger charge is -2.13. The average Bonchev–Trinajstić information content (AvgIpc) is 2.62. The molecule has 2 aromatic rings. The number of thioether (sulfide) groups is 1. The van der Waals surface area contributed by atoms with Gasteiger partial charge in [0.1, 0.15) is 34.3 Å². The zero-order chi connectivity index (χ0) is 20.9. The number of nitrogens with two attached hydrogens (primary N) is 2. The second kappa shape index (κ2) is 9.13. The zero-order valence-corrected chi connectivity index (χ0v) is 16.9. The molecule has 1 aromatic carbocycles. The Labute approximate surface area is 171 Å². The summed E-state index contributed by atoms with van der Waals surface area (Å²) in [5.41, 5.74) is 6.84. The number of primary sulfonamides is 1. The van der Waals surface area contributed by atoms with E-state index in [1.54, 1.807) is 0 Å². The SMILES string of the molecule is N#Cc1c(N)nc(SCCCCS(N)(=O)=O)c(C#N)c1-c1ccc(O)c(Cl)c1. The molecule has 0 aliphatic rings. The third kappa shape index (κ3) is 5.27. The number of nitriles is 2. The Bertz CT molecular complexity index is 1090. The van der Waals surface area contributed by atoms with Crippen molar-refractivity contribution in [1.82, 2.24) is 4.98 Å². The van der Waals surface area contributed by atoms with Gasteiger partial charge in [-0.1, -0.05) is 17.7 Å². The van der Waals surface area contributed by atoms with Crippen molar-refractivity contribution in [1.29, 1.82) is 10.5 Å². The molecule has 0 unspecified atom stereocenters. The molecule has 0 bridgehead atoms. The van der Waals surface area contributed by atoms with Gasteiger partial charge in [-0.05, 0) is 36.3 Å². The van der Waals surface area contributed by atoms with Crippen LogP contribution in [-0.2, 0) is 10.0 Å². The van der Waals surface area contributed by atoms with Crippen molar-refractivity contribution in [2.45, 2.75) is 17.9 Å². The number of pyridine rings is 1. The van der Waals surface area contributed by atoms with Crippen molar-refractivity contribution in [2.24, 2.45) is 5.14 Å². The van der Waals surface area contributed by atoms with E-state index in [0.717, 1.165) is 0 Å². The maximum Gasteiger partial charge on any atom is 0.209 e. The third-order valence-corrected chi connectivity index (χ3v) is 5.94. The third-order valence-electron chi connectivity index (χ3n) is 3.71. The van der Waals surface area contributed by atoms with Crippen LogP contribution < -0.4 is 10.9 Å². The summed E-state index contributed by atoms with van der Waals surface area (Å²) in [7, 11) is -3.51. The van der Waals surface area contributed by atoms with E-state index in [9.17, 15) is 24.0 Å². The molecule has 1 aromatic heterocycles. The van der Waals surface area contributed by atoms with Crippen LogP contribution in [0.25, 0.3) is 11.1 Å². The van der Waals surface area contributed by atoms with Crippen LogP contribution in [0.1, 0.15) is 24.0 Å². The molecule has 0 aliphatic carbocycles. The molecule has 0 saturated heterocycles. The van der Waals surface area contributed by atoms with Crippen LogP contribution in [0, 0.1) is 22.7 Å². The molecule has 146 valence electrons. The van der Waals surface area contributed by atoms with Gasteiger partial charge in [-0.25, -0.2) is 18.5 Å². The van der Waals surface area contributed by atoms with E-state index in [1.165, 1.54) is 30.0 Å². The molecule has 2 rings (SSSR count). The lowest BCUT2D eigenvalue weighted by molar-refractivity contribution is 0.475. The minimum absolute atomic E-state index is 0.0345. The Hall–Kier alpha value is -2.50. The number of rotatable bonds is 7. The molecule has 28 heavy (non-hydrogen) atoms. The summed E-state index contributed by atoms with van der Waals surface area (Å²) in [5.74, 6) is 0.193. The van der Waals surface area contributed by atoms with Gasteiger partial charge < -0.3 is 10.8 Å². The van der Waals surface area contributed by atoms with Gasteiger partial charge in [-0.15, -0.1) is 11.8 Å². The number of hydrogen-bond acceptors (Lipinski definition) is 8. The molecule has 0 aliphatic heterocycles. The summed E-state index contributed by atoms with van der Waals surface area (Å²) in [6.45, 7) is 0. The number of sulfonamides is 1. The number of nitrogen functional groups attached to an aromatic ring is 1. The lowest BCUT2D eigenvalue weighted by atomic mass is 9.97. The summed E-state index contributed by atoms with van der Waals surface area (Å²) in [6, 6.07) is 8.33. The Morgan fingerprint density at radius 1 is 1.21 bits per heavy atom. The number of unbranched alkanes of at least 4 members (excludes halogenated alkanes) is 1. The Morgan fingerprint density at radius 2 is 1.89 bits per heavy atom. The van der Waals surface area contributed by atoms with Gasteiger partial charge in [-0.3, -0.25) is 0 Å². The van der Waals surface area contributed by atoms with Crippen molar-refractivity contribution < 1.29 is 13.5 Å². The minimum atomic E-state index is -3.51. The Morgan fingerprint density at radius 3 is 2.46 bits per heavy atom. The van der Waals surface area contributed by atoms with E-state index >= 15 is 0 Å². The van der Waals surface area contributed by atoms with Crippen LogP contribution in [0.5, 0.6) is 5.75 Å². The largest absolute Gasteiger partial charge is 0.506 e. The van der Waals surface area contributed by atoms with Crippen LogP contribution in [0.15, 0.2) is 23.2 Å². The Balaban J connectivity index is 2.41. The highest BCUT2D eigenvalue weighted by Gasteiger charge is 2.21. The second-order valence-electron chi connectivity index (χ2n) is 5.74. The number of benzene rings is 1. The van der Waals surface area contributed by atoms with E-state index in [4.69, 9.17) is 22.5 Å². The van der Waals surface area contributed by atoms with Gasteiger partial charge in [0.25, 0.3) is 0 Å². The number of hydrogen-bond donors (Lipinski definition) is 3. The molecule has 0 atom stereocenters. The van der Waals surface area contributed by atoms with E-state index in [2.05, 4.69) is 11.1 Å². The zero-order valence-electron chi connectivity index (χ0n) is 14.5. The fourth-order valence-corrected chi connectivity index (χ4v) is 4.21. The number of anilines is 1. The number of aromatic hydroxyl groups is 1. The quantitative estimate of drug-likeness (QED) is 0.438. The van der Waals surface area contributed by atoms with E-state index < -0.39 is 10.0 Å². The van der Waals surface area contributed by atoms with E-state index in [-0.39, 0.29) is 39.0 Å². The standard InChI is InChI=1S/C17H16ClN5O3S2/c18-13-7-10(3-4-14(13)24)15-11(8-19)16(21)23-17(12(15)9-20)27-5-1-2-6-28(22,25)26/h3-4,7,24H,1-2,5-6H2,(H2,21,23)(H2,22,25,26). The fraction of sp³-hybridized carbons (Fsp3) is 0.235. The lowest BCUT2D eigenvalue weighted by Crippen LogP contribution is -2.16. The fourth-order valence-electron chi connectivity index (χ4n) is 2.43. The van der Waals surface area contributed by atoms with Crippen LogP contribution >= 0.6 is 23.4 Å². The van der Waals surface area contributed by atoms with Gasteiger partial charge in [-0.2, -0.15) is 10.5 Å². The van der Waals surface area contributed by atoms with Crippen molar-refractivity contribution in [3.05, 3.63) is 34.3 Å². The molecule has 8 nitrogen and oxygen atoms in total. The van der Waals surface area contributed by atoms with E-state index in [0.29, 0.717) is 29.2 Å². The molecule has 0 saturated carbocycles. The topological polar surface area (TPSA) is 167 Å². The maximum absolute atomic E-state index is 11.0. The molecular formula is C17H16ClN5O3S2. The first-order valence-electron chi connectivity index (χ1n) is 7.93. The summed E-state index contributed by atoms with van der Waals surface area (Å²) in [5, 5.41) is 34.1. The van der Waals surface area contributed by atoms with Gasteiger partial charge in [0, 0.05) is 5.56 Å². The van der Waals surface area contributed by atoms with Gasteiger partial charge >= 0.3 is 0 Å². The van der Waals surface area contributed by atoms with Crippen molar-refractivity contribution in [3.63, 3.8) is 0 Å². The smallest absolute Gasteiger partial charge is 0.209 e. The van der Waals surface area contributed by atoms with E-state index in [1.807, 2.05) is 6.07 Å². The molecular weight excluding hydrogens is 422 g/mol. The highest BCUT2D eigenvalue weighted by molar-refractivity contribution is 7.99. The monoisotopic (exact) mass is 437 g/mol. The first-order valence-corrected chi connectivity index (χ1v) is 11.0. The van der Waals surface area contributed by atoms with Crippen LogP contribution in [0.4, 0.5) is 5.82 Å². The number of phenolic OH excluding ortho intramolecular Hbond substituents is 1. The molecule has 1 heterocycles. The summed E-state index contributed by atoms with van der Waals surface area (Å²) < 4.78 is 21.9. The number of halogens is 1. The van der Waals surface area contributed by atoms with Gasteiger partial charge in [0.2, 0.25) is 10.0 Å². The highest BCUT2D eigenvalue weighted by atomic mass is 35.5. The van der Waals surface area contributed by atoms with Crippen molar-refractivity contribution >= 4 is 39.2 Å². The molecule has 0 radical (unpaired) electrons. The van der Waals surface area contributed by atoms with Crippen LogP contribution in [0.2, 0.25) is 5.02 Å². The maximum atomic E-state index is 11.0. The molecule has 11 heteroatoms. The number of phenols is 1. The molecule has 5 N–H and O–H groups in total. The normalized spacial score (nSPS) is 11.0. The first kappa shape index (κ1) is 21.8. The summed E-state index contributed by atoms with van der Waals surface area (Å²) in [6.07, 6.45) is 0.911. The van der Waals surface area contributed by atoms with Crippen molar-refractivity contribution in [3.8, 4) is 29.0 Å². The predicted octanol–water partition coefficient (Wildman–Crippen LogP) is 2.59. The first-order chi connectivity index (χ1) is 13.2. The number of nitrogens with zero attached hydrogens (tertiary/aromatic N) is 3. The molecule has 0 fully saturated rings. The molecule has 0 spiro atoms. The van der Waals surface area contributed by atoms with Crippen LogP contribution in [0.3, 0.4) is 0 Å². The molecule has 0 amide bonds. The predicted molar refractivity (Wildman–Crippen MR) is 108 cm³/mol. The van der Waals surface area contributed by atoms with Gasteiger partial charge in [0.15, 0.2) is 0 Å².